The number of carboxylic acids is 1. The van der Waals surface area contributed by atoms with Crippen LogP contribution in [0.1, 0.15) is 22.5 Å². The van der Waals surface area contributed by atoms with E-state index in [1.54, 1.807) is 18.2 Å². The molecule has 1 aromatic heterocycles. The predicted molar refractivity (Wildman–Crippen MR) is 69.7 cm³/mol. The number of carbonyl (C=O) groups is 1. The van der Waals surface area contributed by atoms with Gasteiger partial charge in [0.1, 0.15) is 16.9 Å². The Hall–Kier alpha value is -2.07. The molecule has 0 spiro atoms. The lowest BCUT2D eigenvalue weighted by molar-refractivity contribution is 0.0696. The van der Waals surface area contributed by atoms with Crippen molar-refractivity contribution in [3.63, 3.8) is 0 Å². The van der Waals surface area contributed by atoms with Gasteiger partial charge in [-0.05, 0) is 19.0 Å². The third-order valence-electron chi connectivity index (χ3n) is 2.69. The normalized spacial score (nSPS) is 10.7. The second-order valence-electron chi connectivity index (χ2n) is 3.96. The van der Waals surface area contributed by atoms with E-state index in [4.69, 9.17) is 4.42 Å². The summed E-state index contributed by atoms with van der Waals surface area (Å²) < 4.78 is 5.57. The van der Waals surface area contributed by atoms with Crippen LogP contribution in [0.15, 0.2) is 41.3 Å². The molecule has 0 atom stereocenters. The molecule has 0 unspecified atom stereocenters. The summed E-state index contributed by atoms with van der Waals surface area (Å²) in [6, 6.07) is 7.16. The zero-order valence-corrected chi connectivity index (χ0v) is 9.98. The first-order valence-corrected chi connectivity index (χ1v) is 5.79. The van der Waals surface area contributed by atoms with Gasteiger partial charge in [0.05, 0.1) is 6.54 Å². The van der Waals surface area contributed by atoms with Gasteiger partial charge in [-0.15, -0.1) is 6.58 Å². The number of furan rings is 1. The maximum absolute atomic E-state index is 11.3. The van der Waals surface area contributed by atoms with E-state index < -0.39 is 5.97 Å². The number of fused-ring (bicyclic) bond motifs is 1. The Labute approximate surface area is 105 Å². The smallest absolute Gasteiger partial charge is 0.339 e. The SMILES string of the molecule is C=CCCNCc1oc2ccccc2c1C(=O)O. The van der Waals surface area contributed by atoms with E-state index in [1.807, 2.05) is 12.1 Å². The Balaban J connectivity index is 2.28. The molecule has 0 amide bonds. The van der Waals surface area contributed by atoms with Crippen LogP contribution in [0.3, 0.4) is 0 Å². The molecular weight excluding hydrogens is 230 g/mol. The summed E-state index contributed by atoms with van der Waals surface area (Å²) in [5.41, 5.74) is 0.854. The molecule has 0 aliphatic rings. The minimum Gasteiger partial charge on any atom is -0.478 e. The molecule has 94 valence electrons. The van der Waals surface area contributed by atoms with Crippen LogP contribution in [-0.4, -0.2) is 17.6 Å². The molecule has 1 aromatic carbocycles. The third kappa shape index (κ3) is 2.43. The van der Waals surface area contributed by atoms with E-state index in [9.17, 15) is 9.90 Å². The number of hydrogen-bond donors (Lipinski definition) is 2. The molecule has 1 heterocycles. The number of nitrogens with one attached hydrogen (secondary N) is 1. The average Bonchev–Trinajstić information content (AvgIpc) is 2.73. The number of rotatable bonds is 6. The molecule has 4 heteroatoms. The molecule has 4 nitrogen and oxygen atoms in total. The van der Waals surface area contributed by atoms with Crippen LogP contribution in [0, 0.1) is 0 Å². The Morgan fingerprint density at radius 3 is 2.94 bits per heavy atom. The van der Waals surface area contributed by atoms with Gasteiger partial charge in [0, 0.05) is 5.39 Å². The number of para-hydroxylation sites is 1. The van der Waals surface area contributed by atoms with Crippen molar-refractivity contribution >= 4 is 16.9 Å². The first-order valence-electron chi connectivity index (χ1n) is 5.79. The van der Waals surface area contributed by atoms with Gasteiger partial charge in [0.15, 0.2) is 0 Å². The highest BCUT2D eigenvalue weighted by Crippen LogP contribution is 2.25. The zero-order chi connectivity index (χ0) is 13.0. The lowest BCUT2D eigenvalue weighted by Gasteiger charge is -2.01. The fourth-order valence-corrected chi connectivity index (χ4v) is 1.86. The molecule has 0 saturated carbocycles. The first-order chi connectivity index (χ1) is 8.74. The number of carboxylic acid groups (broad SMARTS) is 1. The van der Waals surface area contributed by atoms with Gasteiger partial charge in [0.25, 0.3) is 0 Å². The fourth-order valence-electron chi connectivity index (χ4n) is 1.86. The molecule has 0 radical (unpaired) electrons. The van der Waals surface area contributed by atoms with Crippen LogP contribution in [-0.2, 0) is 6.54 Å². The highest BCUT2D eigenvalue weighted by Gasteiger charge is 2.19. The molecule has 2 aromatic rings. The van der Waals surface area contributed by atoms with Crippen LogP contribution in [0.2, 0.25) is 0 Å². The number of aromatic carboxylic acids is 1. The second-order valence-corrected chi connectivity index (χ2v) is 3.96. The maximum atomic E-state index is 11.3. The highest BCUT2D eigenvalue weighted by molar-refractivity contribution is 6.03. The average molecular weight is 245 g/mol. The second kappa shape index (κ2) is 5.51. The van der Waals surface area contributed by atoms with E-state index in [-0.39, 0.29) is 5.56 Å². The van der Waals surface area contributed by atoms with Gasteiger partial charge in [-0.3, -0.25) is 0 Å². The van der Waals surface area contributed by atoms with Crippen molar-refractivity contribution in [1.82, 2.24) is 5.32 Å². The topological polar surface area (TPSA) is 62.5 Å². The van der Waals surface area contributed by atoms with Crippen molar-refractivity contribution in [2.45, 2.75) is 13.0 Å². The van der Waals surface area contributed by atoms with Crippen LogP contribution < -0.4 is 5.32 Å². The molecule has 0 fully saturated rings. The van der Waals surface area contributed by atoms with E-state index in [2.05, 4.69) is 11.9 Å². The summed E-state index contributed by atoms with van der Waals surface area (Å²) >= 11 is 0. The molecule has 2 N–H and O–H groups in total. The van der Waals surface area contributed by atoms with Gasteiger partial charge in [-0.25, -0.2) is 4.79 Å². The molecule has 0 bridgehead atoms. The summed E-state index contributed by atoms with van der Waals surface area (Å²) in [7, 11) is 0. The molecular formula is C14H15NO3. The molecule has 0 saturated heterocycles. The van der Waals surface area contributed by atoms with Gasteiger partial charge in [-0.2, -0.15) is 0 Å². The first kappa shape index (κ1) is 12.4. The Morgan fingerprint density at radius 1 is 1.44 bits per heavy atom. The van der Waals surface area contributed by atoms with Crippen molar-refractivity contribution in [2.24, 2.45) is 0 Å². The van der Waals surface area contributed by atoms with Crippen LogP contribution in [0.5, 0.6) is 0 Å². The summed E-state index contributed by atoms with van der Waals surface area (Å²) in [5.74, 6) is -0.492. The van der Waals surface area contributed by atoms with Crippen LogP contribution in [0.4, 0.5) is 0 Å². The molecule has 0 aliphatic heterocycles. The minimum atomic E-state index is -0.958. The van der Waals surface area contributed by atoms with Crippen molar-refractivity contribution < 1.29 is 14.3 Å². The zero-order valence-electron chi connectivity index (χ0n) is 9.98. The van der Waals surface area contributed by atoms with Crippen molar-refractivity contribution in [3.05, 3.63) is 48.2 Å². The summed E-state index contributed by atoms with van der Waals surface area (Å²) in [5, 5.41) is 13.0. The highest BCUT2D eigenvalue weighted by atomic mass is 16.4. The van der Waals surface area contributed by atoms with Gasteiger partial charge in [-0.1, -0.05) is 24.3 Å². The van der Waals surface area contributed by atoms with Gasteiger partial charge in [0.2, 0.25) is 0 Å². The molecule has 18 heavy (non-hydrogen) atoms. The summed E-state index contributed by atoms with van der Waals surface area (Å²) in [6.45, 7) is 4.78. The van der Waals surface area contributed by atoms with Gasteiger partial charge < -0.3 is 14.8 Å². The maximum Gasteiger partial charge on any atom is 0.339 e. The lowest BCUT2D eigenvalue weighted by Crippen LogP contribution is -2.15. The van der Waals surface area contributed by atoms with E-state index in [0.717, 1.165) is 13.0 Å². The van der Waals surface area contributed by atoms with Crippen molar-refractivity contribution in [3.8, 4) is 0 Å². The Bertz CT molecular complexity index is 571. The van der Waals surface area contributed by atoms with Crippen LogP contribution in [0.25, 0.3) is 11.0 Å². The fraction of sp³-hybridized carbons (Fsp3) is 0.214. The Kier molecular flexibility index (Phi) is 3.79. The molecule has 2 rings (SSSR count). The Morgan fingerprint density at radius 2 is 2.22 bits per heavy atom. The van der Waals surface area contributed by atoms with E-state index in [1.165, 1.54) is 0 Å². The van der Waals surface area contributed by atoms with Gasteiger partial charge >= 0.3 is 5.97 Å². The quantitative estimate of drug-likeness (QED) is 0.606. The van der Waals surface area contributed by atoms with E-state index >= 15 is 0 Å². The monoisotopic (exact) mass is 245 g/mol. The minimum absolute atomic E-state index is 0.247. The van der Waals surface area contributed by atoms with E-state index in [0.29, 0.717) is 23.3 Å². The number of hydrogen-bond acceptors (Lipinski definition) is 3. The lowest BCUT2D eigenvalue weighted by atomic mass is 10.1. The third-order valence-corrected chi connectivity index (χ3v) is 2.69. The number of benzene rings is 1. The standard InChI is InChI=1S/C14H15NO3/c1-2-3-8-15-9-12-13(14(16)17)10-6-4-5-7-11(10)18-12/h2,4-7,15H,1,3,8-9H2,(H,16,17). The molecule has 0 aliphatic carbocycles. The van der Waals surface area contributed by atoms with Crippen molar-refractivity contribution in [2.75, 3.05) is 6.54 Å². The summed E-state index contributed by atoms with van der Waals surface area (Å²) in [6.07, 6.45) is 2.65. The van der Waals surface area contributed by atoms with Crippen LogP contribution >= 0.6 is 0 Å². The predicted octanol–water partition coefficient (Wildman–Crippen LogP) is 2.80. The summed E-state index contributed by atoms with van der Waals surface area (Å²) in [4.78, 5) is 11.3. The van der Waals surface area contributed by atoms with Crippen molar-refractivity contribution in [1.29, 1.82) is 0 Å². The largest absolute Gasteiger partial charge is 0.478 e.